The highest BCUT2D eigenvalue weighted by Gasteiger charge is 2.61. The average molecular weight is 361 g/mol. The number of likely N-dealkylation sites (tertiary alicyclic amines) is 2. The van der Waals surface area contributed by atoms with Gasteiger partial charge in [-0.3, -0.25) is 9.59 Å². The molecule has 3 rings (SSSR count). The Morgan fingerprint density at radius 1 is 0.846 bits per heavy atom. The lowest BCUT2D eigenvalue weighted by Crippen LogP contribution is -2.45. The topological polar surface area (TPSA) is 40.6 Å². The number of hydrogen-bond donors (Lipinski definition) is 0. The SMILES string of the molecule is CC(C)=CC1C(C(=O)N2CCC(C(=O)N3CCCCCC3)CC2)C1(C)C. The Morgan fingerprint density at radius 2 is 1.38 bits per heavy atom. The number of rotatable bonds is 3. The first-order valence-electron chi connectivity index (χ1n) is 10.5. The molecule has 1 aliphatic carbocycles. The fourth-order valence-electron chi connectivity index (χ4n) is 4.91. The van der Waals surface area contributed by atoms with Gasteiger partial charge in [0.05, 0.1) is 5.92 Å². The van der Waals surface area contributed by atoms with Crippen LogP contribution in [0.15, 0.2) is 11.6 Å². The molecule has 0 bridgehead atoms. The summed E-state index contributed by atoms with van der Waals surface area (Å²) in [5, 5.41) is 0. The Labute approximate surface area is 159 Å². The second-order valence-corrected chi connectivity index (χ2v) is 9.41. The van der Waals surface area contributed by atoms with E-state index in [4.69, 9.17) is 0 Å². The molecule has 2 heterocycles. The van der Waals surface area contributed by atoms with E-state index in [0.717, 1.165) is 51.9 Å². The third-order valence-corrected chi connectivity index (χ3v) is 6.76. The summed E-state index contributed by atoms with van der Waals surface area (Å²) < 4.78 is 0. The third kappa shape index (κ3) is 3.99. The van der Waals surface area contributed by atoms with Crippen LogP contribution in [0, 0.1) is 23.2 Å². The molecule has 146 valence electrons. The first kappa shape index (κ1) is 19.4. The molecule has 0 aromatic heterocycles. The summed E-state index contributed by atoms with van der Waals surface area (Å²) in [6, 6.07) is 0. The standard InChI is InChI=1S/C22H36N2O2/c1-16(2)15-18-19(22(18,3)4)21(26)24-13-9-17(10-14-24)20(25)23-11-7-5-6-8-12-23/h15,17-19H,5-14H2,1-4H3. The number of carbonyl (C=O) groups excluding carboxylic acids is 2. The van der Waals surface area contributed by atoms with Gasteiger partial charge in [-0.25, -0.2) is 0 Å². The van der Waals surface area contributed by atoms with Gasteiger partial charge in [0.15, 0.2) is 0 Å². The molecule has 2 atom stereocenters. The van der Waals surface area contributed by atoms with Crippen LogP contribution < -0.4 is 0 Å². The van der Waals surface area contributed by atoms with E-state index in [1.54, 1.807) is 0 Å². The van der Waals surface area contributed by atoms with Crippen molar-refractivity contribution in [1.82, 2.24) is 9.80 Å². The van der Waals surface area contributed by atoms with E-state index in [0.29, 0.717) is 17.7 Å². The number of carbonyl (C=O) groups is 2. The number of hydrogen-bond acceptors (Lipinski definition) is 2. The van der Waals surface area contributed by atoms with Gasteiger partial charge in [-0.2, -0.15) is 0 Å². The summed E-state index contributed by atoms with van der Waals surface area (Å²) in [4.78, 5) is 29.9. The van der Waals surface area contributed by atoms with Crippen molar-refractivity contribution in [2.24, 2.45) is 23.2 Å². The molecule has 4 heteroatoms. The molecule has 26 heavy (non-hydrogen) atoms. The first-order chi connectivity index (χ1) is 12.3. The predicted octanol–water partition coefficient (Wildman–Crippen LogP) is 3.87. The van der Waals surface area contributed by atoms with Crippen LogP contribution in [0.4, 0.5) is 0 Å². The van der Waals surface area contributed by atoms with Crippen molar-refractivity contribution in [2.45, 2.75) is 66.2 Å². The third-order valence-electron chi connectivity index (χ3n) is 6.76. The molecule has 3 aliphatic rings. The van der Waals surface area contributed by atoms with E-state index < -0.39 is 0 Å². The molecule has 2 unspecified atom stereocenters. The molecule has 0 spiro atoms. The van der Waals surface area contributed by atoms with Gasteiger partial charge in [-0.15, -0.1) is 0 Å². The Kier molecular flexibility index (Phi) is 5.78. The first-order valence-corrected chi connectivity index (χ1v) is 10.5. The van der Waals surface area contributed by atoms with Crippen molar-refractivity contribution in [2.75, 3.05) is 26.2 Å². The molecule has 0 N–H and O–H groups in total. The lowest BCUT2D eigenvalue weighted by atomic mass is 9.94. The van der Waals surface area contributed by atoms with Gasteiger partial charge in [0.1, 0.15) is 0 Å². The van der Waals surface area contributed by atoms with Crippen LogP contribution in [-0.4, -0.2) is 47.8 Å². The summed E-state index contributed by atoms with van der Waals surface area (Å²) in [7, 11) is 0. The Bertz CT molecular complexity index is 561. The monoisotopic (exact) mass is 360 g/mol. The van der Waals surface area contributed by atoms with Crippen LogP contribution in [-0.2, 0) is 9.59 Å². The number of allylic oxidation sites excluding steroid dienone is 2. The van der Waals surface area contributed by atoms with E-state index in [1.165, 1.54) is 18.4 Å². The van der Waals surface area contributed by atoms with E-state index in [1.807, 2.05) is 4.90 Å². The smallest absolute Gasteiger partial charge is 0.226 e. The van der Waals surface area contributed by atoms with Gasteiger partial charge in [-0.05, 0) is 50.9 Å². The lowest BCUT2D eigenvalue weighted by Gasteiger charge is -2.34. The zero-order valence-corrected chi connectivity index (χ0v) is 17.1. The summed E-state index contributed by atoms with van der Waals surface area (Å²) >= 11 is 0. The van der Waals surface area contributed by atoms with Crippen molar-refractivity contribution < 1.29 is 9.59 Å². The van der Waals surface area contributed by atoms with Crippen LogP contribution in [0.1, 0.15) is 66.2 Å². The maximum absolute atomic E-state index is 13.0. The molecule has 2 amide bonds. The normalized spacial score (nSPS) is 29.1. The second-order valence-electron chi connectivity index (χ2n) is 9.41. The van der Waals surface area contributed by atoms with Crippen LogP contribution in [0.5, 0.6) is 0 Å². The van der Waals surface area contributed by atoms with E-state index >= 15 is 0 Å². The number of amides is 2. The van der Waals surface area contributed by atoms with Crippen LogP contribution in [0.3, 0.4) is 0 Å². The zero-order chi connectivity index (χ0) is 18.9. The maximum atomic E-state index is 13.0. The molecular weight excluding hydrogens is 324 g/mol. The van der Waals surface area contributed by atoms with E-state index in [-0.39, 0.29) is 17.3 Å². The van der Waals surface area contributed by atoms with E-state index in [2.05, 4.69) is 38.7 Å². The Balaban J connectivity index is 1.53. The second kappa shape index (κ2) is 7.74. The molecule has 3 fully saturated rings. The molecule has 0 aromatic carbocycles. The summed E-state index contributed by atoms with van der Waals surface area (Å²) in [6.45, 7) is 12.0. The van der Waals surface area contributed by atoms with Gasteiger partial charge in [-0.1, -0.05) is 38.3 Å². The summed E-state index contributed by atoms with van der Waals surface area (Å²) in [5.74, 6) is 1.26. The number of piperidine rings is 1. The number of nitrogens with zero attached hydrogens (tertiary/aromatic N) is 2. The van der Waals surface area contributed by atoms with Crippen molar-refractivity contribution in [3.05, 3.63) is 11.6 Å². The van der Waals surface area contributed by atoms with Crippen LogP contribution in [0.2, 0.25) is 0 Å². The van der Waals surface area contributed by atoms with Crippen molar-refractivity contribution in [1.29, 1.82) is 0 Å². The molecule has 2 aliphatic heterocycles. The quantitative estimate of drug-likeness (QED) is 0.717. The lowest BCUT2D eigenvalue weighted by molar-refractivity contribution is -0.141. The molecule has 0 radical (unpaired) electrons. The van der Waals surface area contributed by atoms with Crippen molar-refractivity contribution in [3.8, 4) is 0 Å². The van der Waals surface area contributed by atoms with Gasteiger partial charge in [0.2, 0.25) is 11.8 Å². The Hall–Kier alpha value is -1.32. The van der Waals surface area contributed by atoms with Gasteiger partial charge >= 0.3 is 0 Å². The van der Waals surface area contributed by atoms with Crippen molar-refractivity contribution >= 4 is 11.8 Å². The summed E-state index contributed by atoms with van der Waals surface area (Å²) in [6.07, 6.45) is 8.72. The van der Waals surface area contributed by atoms with E-state index in [9.17, 15) is 9.59 Å². The minimum atomic E-state index is 0.0765. The molecule has 1 saturated carbocycles. The van der Waals surface area contributed by atoms with Crippen molar-refractivity contribution in [3.63, 3.8) is 0 Å². The fourth-order valence-corrected chi connectivity index (χ4v) is 4.91. The zero-order valence-electron chi connectivity index (χ0n) is 17.1. The maximum Gasteiger partial charge on any atom is 0.226 e. The van der Waals surface area contributed by atoms with Gasteiger partial charge in [0.25, 0.3) is 0 Å². The fraction of sp³-hybridized carbons (Fsp3) is 0.818. The largest absolute Gasteiger partial charge is 0.342 e. The molecule has 4 nitrogen and oxygen atoms in total. The minimum absolute atomic E-state index is 0.0765. The van der Waals surface area contributed by atoms with Crippen LogP contribution >= 0.6 is 0 Å². The summed E-state index contributed by atoms with van der Waals surface area (Å²) in [5.41, 5.74) is 1.37. The van der Waals surface area contributed by atoms with Gasteiger partial charge in [0, 0.05) is 32.1 Å². The highest BCUT2D eigenvalue weighted by atomic mass is 16.2. The van der Waals surface area contributed by atoms with Crippen LogP contribution in [0.25, 0.3) is 0 Å². The molecule has 0 aromatic rings. The molecule has 2 saturated heterocycles. The predicted molar refractivity (Wildman–Crippen MR) is 105 cm³/mol. The highest BCUT2D eigenvalue weighted by Crippen LogP contribution is 2.60. The molecular formula is C22H36N2O2. The highest BCUT2D eigenvalue weighted by molar-refractivity contribution is 5.84. The Morgan fingerprint density at radius 3 is 1.92 bits per heavy atom. The minimum Gasteiger partial charge on any atom is -0.342 e. The average Bonchev–Trinajstić information content (AvgIpc) is 3.25. The van der Waals surface area contributed by atoms with Gasteiger partial charge < -0.3 is 9.80 Å².